The maximum atomic E-state index is 12.8. The van der Waals surface area contributed by atoms with Gasteiger partial charge in [-0.1, -0.05) is 18.2 Å². The summed E-state index contributed by atoms with van der Waals surface area (Å²) >= 11 is 0. The van der Waals surface area contributed by atoms with E-state index in [0.29, 0.717) is 0 Å². The van der Waals surface area contributed by atoms with Crippen molar-refractivity contribution in [2.24, 2.45) is 0 Å². The lowest BCUT2D eigenvalue weighted by Crippen LogP contribution is -2.43. The summed E-state index contributed by atoms with van der Waals surface area (Å²) in [6.07, 6.45) is 3.30. The number of nitrogens with zero attached hydrogens (tertiary/aromatic N) is 2. The number of amides is 4. The number of nitrogens with one attached hydrogen (secondary N) is 2. The molecule has 1 fully saturated rings. The highest BCUT2D eigenvalue weighted by molar-refractivity contribution is 6.09. The van der Waals surface area contributed by atoms with Crippen LogP contribution in [0.2, 0.25) is 0 Å². The Kier molecular flexibility index (Phi) is 4.45. The van der Waals surface area contributed by atoms with Crippen LogP contribution in [0.1, 0.15) is 36.5 Å². The molecule has 4 amide bonds. The van der Waals surface area contributed by atoms with Gasteiger partial charge < -0.3 is 10.6 Å². The van der Waals surface area contributed by atoms with Crippen molar-refractivity contribution in [1.29, 1.82) is 5.26 Å². The van der Waals surface area contributed by atoms with Crippen molar-refractivity contribution in [3.05, 3.63) is 34.9 Å². The molecule has 2 N–H and O–H groups in total. The minimum atomic E-state index is -1.17. The predicted molar refractivity (Wildman–Crippen MR) is 89.3 cm³/mol. The molecule has 0 saturated carbocycles. The molecule has 1 aromatic carbocycles. The Hall–Kier alpha value is -2.88. The van der Waals surface area contributed by atoms with Crippen molar-refractivity contribution in [2.75, 3.05) is 13.1 Å². The third kappa shape index (κ3) is 3.07. The third-order valence-electron chi connectivity index (χ3n) is 4.81. The molecule has 130 valence electrons. The quantitative estimate of drug-likeness (QED) is 0.616. The highest BCUT2D eigenvalue weighted by Crippen LogP contribution is 2.32. The van der Waals surface area contributed by atoms with E-state index in [-0.39, 0.29) is 19.5 Å². The first-order valence-corrected chi connectivity index (χ1v) is 8.36. The van der Waals surface area contributed by atoms with Crippen LogP contribution in [0.5, 0.6) is 0 Å². The van der Waals surface area contributed by atoms with Crippen LogP contribution in [-0.2, 0) is 28.0 Å². The summed E-state index contributed by atoms with van der Waals surface area (Å²) in [5, 5.41) is 13.7. The zero-order valence-corrected chi connectivity index (χ0v) is 14.1. The first-order chi connectivity index (χ1) is 12.0. The van der Waals surface area contributed by atoms with Gasteiger partial charge >= 0.3 is 6.03 Å². The number of rotatable bonds is 5. The van der Waals surface area contributed by atoms with E-state index < -0.39 is 23.4 Å². The second-order valence-corrected chi connectivity index (χ2v) is 6.54. The van der Waals surface area contributed by atoms with Crippen molar-refractivity contribution >= 4 is 17.8 Å². The normalized spacial score (nSPS) is 21.7. The minimum absolute atomic E-state index is 0.179. The van der Waals surface area contributed by atoms with E-state index in [1.807, 2.05) is 24.3 Å². The van der Waals surface area contributed by atoms with Gasteiger partial charge in [0.1, 0.15) is 12.1 Å². The molecule has 1 saturated heterocycles. The molecule has 1 heterocycles. The molecule has 2 aliphatic rings. The fourth-order valence-corrected chi connectivity index (χ4v) is 3.38. The summed E-state index contributed by atoms with van der Waals surface area (Å²) in [7, 11) is 0. The molecular weight excluding hydrogens is 320 g/mol. The van der Waals surface area contributed by atoms with Crippen molar-refractivity contribution < 1.29 is 14.4 Å². The number of fused-ring (bicyclic) bond motifs is 1. The molecule has 1 aliphatic carbocycles. The first-order valence-electron chi connectivity index (χ1n) is 8.36. The Bertz CT molecular complexity index is 783. The molecule has 1 aromatic rings. The van der Waals surface area contributed by atoms with Gasteiger partial charge in [-0.3, -0.25) is 14.5 Å². The highest BCUT2D eigenvalue weighted by atomic mass is 16.2. The van der Waals surface area contributed by atoms with Gasteiger partial charge in [-0.15, -0.1) is 0 Å². The second-order valence-electron chi connectivity index (χ2n) is 6.54. The molecule has 7 nitrogen and oxygen atoms in total. The lowest BCUT2D eigenvalue weighted by molar-refractivity contribution is -0.134. The monoisotopic (exact) mass is 340 g/mol. The molecule has 7 heteroatoms. The molecule has 3 rings (SSSR count). The van der Waals surface area contributed by atoms with E-state index in [0.717, 1.165) is 29.7 Å². The summed E-state index contributed by atoms with van der Waals surface area (Å²) in [5.74, 6) is -0.900. The van der Waals surface area contributed by atoms with E-state index in [2.05, 4.69) is 10.6 Å². The number of benzene rings is 1. The minimum Gasteiger partial charge on any atom is -0.354 e. The average molecular weight is 340 g/mol. The number of nitriles is 1. The molecular formula is C18H20N4O3. The van der Waals surface area contributed by atoms with Gasteiger partial charge in [0.2, 0.25) is 5.91 Å². The molecule has 1 atom stereocenters. The van der Waals surface area contributed by atoms with Crippen LogP contribution in [0.15, 0.2) is 18.2 Å². The Morgan fingerprint density at radius 3 is 2.88 bits per heavy atom. The molecule has 0 unspecified atom stereocenters. The van der Waals surface area contributed by atoms with Gasteiger partial charge in [0.05, 0.1) is 12.5 Å². The molecule has 0 aromatic heterocycles. The topological polar surface area (TPSA) is 102 Å². The molecule has 0 bridgehead atoms. The smallest absolute Gasteiger partial charge is 0.325 e. The van der Waals surface area contributed by atoms with E-state index in [1.54, 1.807) is 6.92 Å². The molecule has 25 heavy (non-hydrogen) atoms. The molecule has 0 spiro atoms. The van der Waals surface area contributed by atoms with Gasteiger partial charge in [0.25, 0.3) is 5.91 Å². The first kappa shape index (κ1) is 17.0. The number of carbonyl (C=O) groups is 3. The number of imide groups is 1. The van der Waals surface area contributed by atoms with Crippen LogP contribution >= 0.6 is 0 Å². The number of carbonyl (C=O) groups excluding carboxylic acids is 3. The third-order valence-corrected chi connectivity index (χ3v) is 4.81. The average Bonchev–Trinajstić information content (AvgIpc) is 3.13. The maximum absolute atomic E-state index is 12.8. The lowest BCUT2D eigenvalue weighted by Gasteiger charge is -2.23. The van der Waals surface area contributed by atoms with Crippen LogP contribution in [0.25, 0.3) is 0 Å². The van der Waals surface area contributed by atoms with Gasteiger partial charge in [-0.25, -0.2) is 4.79 Å². The summed E-state index contributed by atoms with van der Waals surface area (Å²) in [6, 6.07) is 7.21. The van der Waals surface area contributed by atoms with E-state index in [9.17, 15) is 14.4 Å². The summed E-state index contributed by atoms with van der Waals surface area (Å²) in [6.45, 7) is 1.51. The fourth-order valence-electron chi connectivity index (χ4n) is 3.38. The maximum Gasteiger partial charge on any atom is 0.325 e. The Balaban J connectivity index is 1.76. The van der Waals surface area contributed by atoms with Crippen molar-refractivity contribution in [1.82, 2.24) is 15.5 Å². The fraction of sp³-hybridized carbons (Fsp3) is 0.444. The summed E-state index contributed by atoms with van der Waals surface area (Å²) in [4.78, 5) is 37.8. The Morgan fingerprint density at radius 1 is 1.36 bits per heavy atom. The Morgan fingerprint density at radius 2 is 2.12 bits per heavy atom. The van der Waals surface area contributed by atoms with Crippen molar-refractivity contribution in [3.8, 4) is 6.07 Å². The van der Waals surface area contributed by atoms with Crippen LogP contribution in [-0.4, -0.2) is 35.8 Å². The largest absolute Gasteiger partial charge is 0.354 e. The van der Waals surface area contributed by atoms with Gasteiger partial charge in [0, 0.05) is 6.54 Å². The van der Waals surface area contributed by atoms with Crippen molar-refractivity contribution in [3.63, 3.8) is 0 Å². The zero-order valence-electron chi connectivity index (χ0n) is 14.1. The predicted octanol–water partition coefficient (Wildman–Crippen LogP) is 0.972. The van der Waals surface area contributed by atoms with Crippen LogP contribution in [0.4, 0.5) is 4.79 Å². The summed E-state index contributed by atoms with van der Waals surface area (Å²) < 4.78 is 0. The number of aryl methyl sites for hydroxylation is 2. The van der Waals surface area contributed by atoms with E-state index in [1.165, 1.54) is 11.1 Å². The number of hydrogen-bond acceptors (Lipinski definition) is 4. The Labute approximate surface area is 146 Å². The number of hydrogen-bond donors (Lipinski definition) is 2. The zero-order chi connectivity index (χ0) is 18.0. The van der Waals surface area contributed by atoms with Crippen LogP contribution in [0.3, 0.4) is 0 Å². The van der Waals surface area contributed by atoms with Crippen molar-refractivity contribution in [2.45, 2.75) is 38.1 Å². The number of urea groups is 1. The van der Waals surface area contributed by atoms with Gasteiger partial charge in [-0.05, 0) is 42.9 Å². The lowest BCUT2D eigenvalue weighted by atomic mass is 9.89. The standard InChI is InChI=1S/C18H20N4O3/c1-18(14-7-6-12-4-2-5-13(12)10-14)16(24)22(17(25)21-18)11-15(23)20-9-3-8-19/h6-7,10H,2-5,9,11H2,1H3,(H,20,23)(H,21,25)/t18-/m0/s1. The van der Waals surface area contributed by atoms with E-state index >= 15 is 0 Å². The van der Waals surface area contributed by atoms with Crippen LogP contribution < -0.4 is 10.6 Å². The molecule has 1 aliphatic heterocycles. The van der Waals surface area contributed by atoms with E-state index in [4.69, 9.17) is 5.26 Å². The second kappa shape index (κ2) is 6.55. The van der Waals surface area contributed by atoms with Gasteiger partial charge in [-0.2, -0.15) is 5.26 Å². The van der Waals surface area contributed by atoms with Gasteiger partial charge in [0.15, 0.2) is 0 Å². The highest BCUT2D eigenvalue weighted by Gasteiger charge is 2.49. The SMILES string of the molecule is C[C@@]1(c2ccc3c(c2)CCC3)NC(=O)N(CC(=O)NCCC#N)C1=O. The summed E-state index contributed by atoms with van der Waals surface area (Å²) in [5.41, 5.74) is 2.08. The molecule has 0 radical (unpaired) electrons. The van der Waals surface area contributed by atoms with Crippen LogP contribution in [0, 0.1) is 11.3 Å².